The van der Waals surface area contributed by atoms with Gasteiger partial charge < -0.3 is 10.6 Å². The van der Waals surface area contributed by atoms with E-state index in [0.29, 0.717) is 31.4 Å². The second-order valence-corrected chi connectivity index (χ2v) is 10.2. The molecular formula is C22H34F3N3O3S. The maximum atomic E-state index is 13.1. The van der Waals surface area contributed by atoms with Crippen LogP contribution in [0.2, 0.25) is 0 Å². The minimum atomic E-state index is -4.63. The summed E-state index contributed by atoms with van der Waals surface area (Å²) in [4.78, 5) is 12.1. The Labute approximate surface area is 189 Å². The van der Waals surface area contributed by atoms with Gasteiger partial charge in [0.2, 0.25) is 15.9 Å². The maximum absolute atomic E-state index is 13.1. The summed E-state index contributed by atoms with van der Waals surface area (Å²) in [6, 6.07) is 3.22. The van der Waals surface area contributed by atoms with Gasteiger partial charge in [0.15, 0.2) is 0 Å². The van der Waals surface area contributed by atoms with Crippen molar-refractivity contribution in [2.75, 3.05) is 26.7 Å². The molecule has 2 rings (SSSR count). The fraction of sp³-hybridized carbons (Fsp3) is 0.682. The van der Waals surface area contributed by atoms with Crippen molar-refractivity contribution in [2.45, 2.75) is 69.0 Å². The molecule has 0 bridgehead atoms. The number of hydrogen-bond acceptors (Lipinski definition) is 4. The highest BCUT2D eigenvalue weighted by atomic mass is 32.2. The molecule has 0 aromatic heterocycles. The number of carbonyl (C=O) groups is 1. The first-order valence-electron chi connectivity index (χ1n) is 11.2. The van der Waals surface area contributed by atoms with Gasteiger partial charge in [-0.25, -0.2) is 8.42 Å². The Kier molecular flexibility index (Phi) is 9.97. The van der Waals surface area contributed by atoms with Crippen molar-refractivity contribution >= 4 is 15.9 Å². The molecule has 0 spiro atoms. The van der Waals surface area contributed by atoms with E-state index in [1.807, 2.05) is 7.05 Å². The summed E-state index contributed by atoms with van der Waals surface area (Å²) in [6.07, 6.45) is 0.153. The summed E-state index contributed by atoms with van der Waals surface area (Å²) >= 11 is 0. The van der Waals surface area contributed by atoms with E-state index in [9.17, 15) is 26.4 Å². The molecule has 1 amide bonds. The first-order chi connectivity index (χ1) is 15.1. The average molecular weight is 478 g/mol. The van der Waals surface area contributed by atoms with Crippen LogP contribution in [0.5, 0.6) is 0 Å². The highest BCUT2D eigenvalue weighted by Crippen LogP contribution is 2.33. The number of halogens is 3. The minimum absolute atomic E-state index is 0.00546. The number of nitrogens with one attached hydrogen (secondary N) is 2. The molecule has 1 aromatic rings. The summed E-state index contributed by atoms with van der Waals surface area (Å²) in [6.45, 7) is 3.74. The summed E-state index contributed by atoms with van der Waals surface area (Å²) < 4.78 is 66.6. The fourth-order valence-electron chi connectivity index (χ4n) is 4.07. The Balaban J connectivity index is 2.03. The van der Waals surface area contributed by atoms with Crippen LogP contribution in [-0.4, -0.2) is 51.4 Å². The molecule has 2 N–H and O–H groups in total. The topological polar surface area (TPSA) is 78.5 Å². The molecule has 10 heteroatoms. The van der Waals surface area contributed by atoms with Crippen molar-refractivity contribution in [1.82, 2.24) is 14.9 Å². The summed E-state index contributed by atoms with van der Waals surface area (Å²) in [7, 11) is -2.24. The van der Waals surface area contributed by atoms with E-state index in [1.165, 1.54) is 10.4 Å². The van der Waals surface area contributed by atoms with Crippen molar-refractivity contribution in [1.29, 1.82) is 0 Å². The molecular weight excluding hydrogens is 443 g/mol. The lowest BCUT2D eigenvalue weighted by Crippen LogP contribution is -2.46. The van der Waals surface area contributed by atoms with Gasteiger partial charge in [-0.3, -0.25) is 4.79 Å². The molecule has 0 radical (unpaired) electrons. The lowest BCUT2D eigenvalue weighted by molar-refractivity contribution is -0.137. The van der Waals surface area contributed by atoms with Crippen LogP contribution >= 0.6 is 0 Å². The molecule has 32 heavy (non-hydrogen) atoms. The molecule has 182 valence electrons. The SMILES string of the molecule is CCC(CCNC)CCNC(=O)CC1CCCCN1S(=O)(=O)c1cccc(C(F)(F)F)c1. The van der Waals surface area contributed by atoms with E-state index in [0.717, 1.165) is 44.4 Å². The normalized spacial score (nSPS) is 19.0. The molecule has 0 saturated carbocycles. The molecule has 2 atom stereocenters. The van der Waals surface area contributed by atoms with Crippen molar-refractivity contribution < 1.29 is 26.4 Å². The number of piperidine rings is 1. The quantitative estimate of drug-likeness (QED) is 0.509. The summed E-state index contributed by atoms with van der Waals surface area (Å²) in [5, 5.41) is 6.00. The number of alkyl halides is 3. The van der Waals surface area contributed by atoms with Crippen molar-refractivity contribution in [3.8, 4) is 0 Å². The second-order valence-electron chi connectivity index (χ2n) is 8.30. The van der Waals surface area contributed by atoms with Gasteiger partial charge in [-0.15, -0.1) is 0 Å². The lowest BCUT2D eigenvalue weighted by atomic mass is 9.98. The van der Waals surface area contributed by atoms with Crippen LogP contribution in [0.15, 0.2) is 29.2 Å². The Morgan fingerprint density at radius 2 is 1.94 bits per heavy atom. The third-order valence-electron chi connectivity index (χ3n) is 6.02. The molecule has 1 fully saturated rings. The molecule has 6 nitrogen and oxygen atoms in total. The second kappa shape index (κ2) is 12.0. The van der Waals surface area contributed by atoms with Gasteiger partial charge in [-0.2, -0.15) is 17.5 Å². The Hall–Kier alpha value is -1.65. The number of hydrogen-bond donors (Lipinski definition) is 2. The zero-order chi connectivity index (χ0) is 23.8. The van der Waals surface area contributed by atoms with Crippen molar-refractivity contribution in [3.63, 3.8) is 0 Å². The van der Waals surface area contributed by atoms with E-state index in [1.54, 1.807) is 0 Å². The van der Waals surface area contributed by atoms with Gasteiger partial charge in [-0.1, -0.05) is 25.8 Å². The summed E-state index contributed by atoms with van der Waals surface area (Å²) in [5.41, 5.74) is -1.01. The first kappa shape index (κ1) is 26.6. The van der Waals surface area contributed by atoms with Crippen LogP contribution in [0.4, 0.5) is 13.2 Å². The zero-order valence-electron chi connectivity index (χ0n) is 18.7. The molecule has 1 aliphatic rings. The van der Waals surface area contributed by atoms with Crippen LogP contribution in [0.1, 0.15) is 57.4 Å². The Morgan fingerprint density at radius 3 is 2.59 bits per heavy atom. The van der Waals surface area contributed by atoms with E-state index in [-0.39, 0.29) is 18.9 Å². The smallest absolute Gasteiger partial charge is 0.356 e. The molecule has 1 aromatic carbocycles. The number of carbonyl (C=O) groups excluding carboxylic acids is 1. The number of rotatable bonds is 11. The van der Waals surface area contributed by atoms with Crippen LogP contribution in [-0.2, 0) is 21.0 Å². The minimum Gasteiger partial charge on any atom is -0.356 e. The van der Waals surface area contributed by atoms with Gasteiger partial charge in [0.1, 0.15) is 0 Å². The molecule has 1 saturated heterocycles. The summed E-state index contributed by atoms with van der Waals surface area (Å²) in [5.74, 6) is 0.264. The lowest BCUT2D eigenvalue weighted by Gasteiger charge is -2.34. The van der Waals surface area contributed by atoms with E-state index >= 15 is 0 Å². The van der Waals surface area contributed by atoms with E-state index in [4.69, 9.17) is 0 Å². The third-order valence-corrected chi connectivity index (χ3v) is 7.96. The largest absolute Gasteiger partial charge is 0.416 e. The standard InChI is InChI=1S/C22H34F3N3O3S/c1-3-17(10-12-26-2)11-13-27-21(29)16-19-8-4-5-14-28(19)32(30,31)20-9-6-7-18(15-20)22(23,24)25/h6-7,9,15,17,19,26H,3-5,8,10-14,16H2,1-2H3,(H,27,29). The van der Waals surface area contributed by atoms with Crippen molar-refractivity contribution in [3.05, 3.63) is 29.8 Å². The van der Waals surface area contributed by atoms with E-state index < -0.39 is 32.7 Å². The number of nitrogens with zero attached hydrogens (tertiary/aromatic N) is 1. The molecule has 0 aliphatic carbocycles. The highest BCUT2D eigenvalue weighted by molar-refractivity contribution is 7.89. The number of sulfonamides is 1. The Morgan fingerprint density at radius 1 is 1.22 bits per heavy atom. The van der Waals surface area contributed by atoms with E-state index in [2.05, 4.69) is 17.6 Å². The van der Waals surface area contributed by atoms with Crippen LogP contribution < -0.4 is 10.6 Å². The van der Waals surface area contributed by atoms with Crippen LogP contribution in [0, 0.1) is 5.92 Å². The first-order valence-corrected chi connectivity index (χ1v) is 12.6. The third kappa shape index (κ3) is 7.45. The molecule has 2 unspecified atom stereocenters. The fourth-order valence-corrected chi connectivity index (χ4v) is 5.80. The maximum Gasteiger partial charge on any atom is 0.416 e. The van der Waals surface area contributed by atoms with Crippen LogP contribution in [0.3, 0.4) is 0 Å². The van der Waals surface area contributed by atoms with Crippen molar-refractivity contribution in [2.24, 2.45) is 5.92 Å². The predicted octanol–water partition coefficient (Wildman–Crippen LogP) is 3.78. The predicted molar refractivity (Wildman–Crippen MR) is 118 cm³/mol. The van der Waals surface area contributed by atoms with Gasteiger partial charge in [0.25, 0.3) is 0 Å². The Bertz CT molecular complexity index is 846. The monoisotopic (exact) mass is 477 g/mol. The number of benzene rings is 1. The molecule has 1 aliphatic heterocycles. The molecule has 1 heterocycles. The highest BCUT2D eigenvalue weighted by Gasteiger charge is 2.37. The van der Waals surface area contributed by atoms with Gasteiger partial charge in [0.05, 0.1) is 10.5 Å². The van der Waals surface area contributed by atoms with Gasteiger partial charge in [-0.05, 0) is 63.4 Å². The average Bonchev–Trinajstić information content (AvgIpc) is 2.76. The zero-order valence-corrected chi connectivity index (χ0v) is 19.6. The van der Waals surface area contributed by atoms with Gasteiger partial charge in [0, 0.05) is 25.6 Å². The van der Waals surface area contributed by atoms with Crippen LogP contribution in [0.25, 0.3) is 0 Å². The van der Waals surface area contributed by atoms with Gasteiger partial charge >= 0.3 is 6.18 Å². The number of amides is 1.